The Labute approximate surface area is 206 Å². The lowest BCUT2D eigenvalue weighted by Crippen LogP contribution is -2.25. The van der Waals surface area contributed by atoms with E-state index in [-0.39, 0.29) is 18.1 Å². The fourth-order valence-corrected chi connectivity index (χ4v) is 4.98. The van der Waals surface area contributed by atoms with Crippen LogP contribution in [0.4, 0.5) is 8.78 Å². The van der Waals surface area contributed by atoms with Crippen LogP contribution in [0.2, 0.25) is 0 Å². The molecule has 8 nitrogen and oxygen atoms in total. The van der Waals surface area contributed by atoms with Crippen LogP contribution in [-0.2, 0) is 17.7 Å². The van der Waals surface area contributed by atoms with E-state index in [0.29, 0.717) is 58.2 Å². The second-order valence-corrected chi connectivity index (χ2v) is 8.34. The number of rotatable bonds is 6. The molecule has 0 amide bonds. The predicted molar refractivity (Wildman–Crippen MR) is 126 cm³/mol. The number of alkyl halides is 2. The number of nitrogens with zero attached hydrogens (tertiary/aromatic N) is 1. The van der Waals surface area contributed by atoms with E-state index in [1.54, 1.807) is 25.1 Å². The van der Waals surface area contributed by atoms with Gasteiger partial charge in [0.05, 0.1) is 39.2 Å². The molecule has 2 aliphatic rings. The van der Waals surface area contributed by atoms with E-state index >= 15 is 0 Å². The highest BCUT2D eigenvalue weighted by Crippen LogP contribution is 2.50. The molecule has 0 aliphatic carbocycles. The van der Waals surface area contributed by atoms with E-state index in [4.69, 9.17) is 23.7 Å². The van der Waals surface area contributed by atoms with Gasteiger partial charge < -0.3 is 33.0 Å². The van der Waals surface area contributed by atoms with Gasteiger partial charge in [-0.3, -0.25) is 0 Å². The average Bonchev–Trinajstić information content (AvgIpc) is 3.33. The third-order valence-electron chi connectivity index (χ3n) is 6.44. The molecule has 190 valence electrons. The molecule has 1 aromatic heterocycles. The molecule has 3 aromatic rings. The first-order chi connectivity index (χ1) is 17.2. The van der Waals surface area contributed by atoms with E-state index in [2.05, 4.69) is 4.74 Å². The zero-order valence-corrected chi connectivity index (χ0v) is 20.5. The van der Waals surface area contributed by atoms with Crippen molar-refractivity contribution in [2.45, 2.75) is 33.1 Å². The summed E-state index contributed by atoms with van der Waals surface area (Å²) in [6.07, 6.45) is -3.19. The van der Waals surface area contributed by atoms with E-state index < -0.39 is 12.3 Å². The number of halogens is 2. The Morgan fingerprint density at radius 1 is 1.03 bits per heavy atom. The first-order valence-corrected chi connectivity index (χ1v) is 11.4. The maximum atomic E-state index is 13.8. The van der Waals surface area contributed by atoms with Gasteiger partial charge in [-0.05, 0) is 55.7 Å². The van der Waals surface area contributed by atoms with Crippen molar-refractivity contribution in [2.24, 2.45) is 0 Å². The summed E-state index contributed by atoms with van der Waals surface area (Å²) in [4.78, 5) is 13.4. The summed E-state index contributed by atoms with van der Waals surface area (Å²) in [6.45, 7) is 4.32. The summed E-state index contributed by atoms with van der Waals surface area (Å²) < 4.78 is 60.8. The van der Waals surface area contributed by atoms with E-state index in [0.717, 1.165) is 11.3 Å². The van der Waals surface area contributed by atoms with Crippen LogP contribution in [0, 0.1) is 6.92 Å². The zero-order valence-electron chi connectivity index (χ0n) is 20.5. The van der Waals surface area contributed by atoms with E-state index in [1.165, 1.54) is 27.4 Å². The molecule has 0 atom stereocenters. The third kappa shape index (κ3) is 3.59. The number of ether oxygens (including phenoxy) is 6. The van der Waals surface area contributed by atoms with Gasteiger partial charge in [0, 0.05) is 23.4 Å². The number of methoxy groups -OCH3 is 3. The highest BCUT2D eigenvalue weighted by atomic mass is 19.3. The molecule has 0 bridgehead atoms. The maximum Gasteiger partial charge on any atom is 0.586 e. The molecule has 5 rings (SSSR count). The number of fused-ring (bicyclic) bond motifs is 4. The SMILES string of the molecule is CCOC(=O)c1c(-c2cc(OC)c(OC)c(OC)c2)c(C)n2c1-c1cc3c(cc1CC2)OC(F)(F)O3. The normalized spacial score (nSPS) is 14.6. The van der Waals surface area contributed by atoms with Gasteiger partial charge in [0.25, 0.3) is 0 Å². The summed E-state index contributed by atoms with van der Waals surface area (Å²) in [5, 5.41) is 0. The van der Waals surface area contributed by atoms with Gasteiger partial charge in [0.15, 0.2) is 23.0 Å². The van der Waals surface area contributed by atoms with Crippen LogP contribution in [0.15, 0.2) is 24.3 Å². The van der Waals surface area contributed by atoms with Crippen LogP contribution in [-0.4, -0.2) is 44.8 Å². The zero-order chi connectivity index (χ0) is 25.8. The van der Waals surface area contributed by atoms with Crippen LogP contribution in [0.1, 0.15) is 28.5 Å². The van der Waals surface area contributed by atoms with Crippen molar-refractivity contribution in [2.75, 3.05) is 27.9 Å². The molecule has 10 heteroatoms. The predicted octanol–water partition coefficient (Wildman–Crippen LogP) is 5.21. The highest BCUT2D eigenvalue weighted by molar-refractivity contribution is 6.06. The number of carbonyl (C=O) groups excluding carboxylic acids is 1. The summed E-state index contributed by atoms with van der Waals surface area (Å²) in [6, 6.07) is 6.57. The standard InChI is InChI=1S/C26H25F2NO7/c1-6-34-25(30)22-21(15-10-19(31-3)24(33-5)20(11-15)32-4)13(2)29-8-7-14-9-17-18(12-16(14)23(22)29)36-26(27,28)35-17/h9-12H,6-8H2,1-5H3. The Hall–Kier alpha value is -3.95. The Morgan fingerprint density at radius 2 is 1.67 bits per heavy atom. The fourth-order valence-electron chi connectivity index (χ4n) is 4.98. The molecule has 0 radical (unpaired) electrons. The van der Waals surface area contributed by atoms with Crippen molar-refractivity contribution in [3.63, 3.8) is 0 Å². The number of hydrogen-bond acceptors (Lipinski definition) is 7. The lowest BCUT2D eigenvalue weighted by atomic mass is 9.93. The molecular formula is C26H25F2NO7. The second kappa shape index (κ2) is 8.61. The van der Waals surface area contributed by atoms with Crippen molar-refractivity contribution in [1.29, 1.82) is 0 Å². The molecule has 0 unspecified atom stereocenters. The number of benzene rings is 2. The topological polar surface area (TPSA) is 77.4 Å². The average molecular weight is 501 g/mol. The second-order valence-electron chi connectivity index (χ2n) is 8.34. The smallest absolute Gasteiger partial charge is 0.493 e. The van der Waals surface area contributed by atoms with Crippen molar-refractivity contribution < 1.29 is 42.0 Å². The Morgan fingerprint density at radius 3 is 2.25 bits per heavy atom. The van der Waals surface area contributed by atoms with Crippen LogP contribution in [0.5, 0.6) is 28.7 Å². The van der Waals surface area contributed by atoms with Crippen molar-refractivity contribution in [3.8, 4) is 51.1 Å². The summed E-state index contributed by atoms with van der Waals surface area (Å²) in [5.74, 6) is 0.622. The number of aromatic nitrogens is 1. The van der Waals surface area contributed by atoms with Gasteiger partial charge in [-0.1, -0.05) is 0 Å². The van der Waals surface area contributed by atoms with Crippen molar-refractivity contribution >= 4 is 5.97 Å². The molecule has 3 heterocycles. The van der Waals surface area contributed by atoms with E-state index in [9.17, 15) is 13.6 Å². The molecule has 0 N–H and O–H groups in total. The number of esters is 1. The molecule has 36 heavy (non-hydrogen) atoms. The minimum Gasteiger partial charge on any atom is -0.493 e. The summed E-state index contributed by atoms with van der Waals surface area (Å²) in [7, 11) is 4.54. The van der Waals surface area contributed by atoms with Gasteiger partial charge in [0.1, 0.15) is 0 Å². The highest BCUT2D eigenvalue weighted by Gasteiger charge is 2.44. The quantitative estimate of drug-likeness (QED) is 0.429. The molecule has 2 aromatic carbocycles. The minimum absolute atomic E-state index is 0.0296. The molecular weight excluding hydrogens is 476 g/mol. The number of aryl methyl sites for hydroxylation is 1. The Kier molecular flexibility index (Phi) is 5.69. The van der Waals surface area contributed by atoms with Crippen LogP contribution >= 0.6 is 0 Å². The summed E-state index contributed by atoms with van der Waals surface area (Å²) >= 11 is 0. The first-order valence-electron chi connectivity index (χ1n) is 11.4. The van der Waals surface area contributed by atoms with E-state index in [1.807, 2.05) is 11.5 Å². The monoisotopic (exact) mass is 501 g/mol. The fraction of sp³-hybridized carbons (Fsp3) is 0.346. The lowest BCUT2D eigenvalue weighted by molar-refractivity contribution is -0.286. The van der Waals surface area contributed by atoms with Crippen molar-refractivity contribution in [3.05, 3.63) is 41.1 Å². The molecule has 0 spiro atoms. The van der Waals surface area contributed by atoms with Gasteiger partial charge in [-0.2, -0.15) is 0 Å². The Balaban J connectivity index is 1.79. The van der Waals surface area contributed by atoms with Gasteiger partial charge in [0.2, 0.25) is 5.75 Å². The molecule has 0 fully saturated rings. The number of carbonyl (C=O) groups is 1. The first kappa shape index (κ1) is 23.8. The largest absolute Gasteiger partial charge is 0.586 e. The van der Waals surface area contributed by atoms with Gasteiger partial charge in [-0.15, -0.1) is 8.78 Å². The summed E-state index contributed by atoms with van der Waals surface area (Å²) in [5.41, 5.74) is 4.33. The lowest BCUT2D eigenvalue weighted by Gasteiger charge is -2.22. The molecule has 0 saturated heterocycles. The minimum atomic E-state index is -3.74. The van der Waals surface area contributed by atoms with Gasteiger partial charge >= 0.3 is 12.3 Å². The molecule has 0 saturated carbocycles. The third-order valence-corrected chi connectivity index (χ3v) is 6.44. The Bertz CT molecular complexity index is 1350. The maximum absolute atomic E-state index is 13.8. The van der Waals surface area contributed by atoms with Crippen molar-refractivity contribution in [1.82, 2.24) is 4.57 Å². The van der Waals surface area contributed by atoms with Crippen LogP contribution in [0.3, 0.4) is 0 Å². The number of hydrogen-bond donors (Lipinski definition) is 0. The molecule has 2 aliphatic heterocycles. The van der Waals surface area contributed by atoms with Crippen LogP contribution in [0.25, 0.3) is 22.4 Å². The van der Waals surface area contributed by atoms with Gasteiger partial charge in [-0.25, -0.2) is 4.79 Å². The van der Waals surface area contributed by atoms with Crippen LogP contribution < -0.4 is 23.7 Å².